The molecule has 0 spiro atoms. The van der Waals surface area contributed by atoms with E-state index in [1.807, 2.05) is 32.6 Å². The molecule has 88 valence electrons. The summed E-state index contributed by atoms with van der Waals surface area (Å²) in [6.45, 7) is 2.64. The van der Waals surface area contributed by atoms with Gasteiger partial charge in [0.25, 0.3) is 0 Å². The molecule has 1 unspecified atom stereocenters. The predicted octanol–water partition coefficient (Wildman–Crippen LogP) is -0.119. The van der Waals surface area contributed by atoms with Gasteiger partial charge in [0.1, 0.15) is 6.04 Å². The van der Waals surface area contributed by atoms with E-state index in [9.17, 15) is 4.79 Å². The number of H-pyrrole nitrogens is 1. The number of carbonyl (C=O) groups excluding carboxylic acids is 1. The lowest BCUT2D eigenvalue weighted by atomic mass is 10.2. The molecule has 1 saturated heterocycles. The summed E-state index contributed by atoms with van der Waals surface area (Å²) in [6.07, 6.45) is 3.64. The topological polar surface area (TPSA) is 51.4 Å². The second-order valence-electron chi connectivity index (χ2n) is 4.24. The Morgan fingerprint density at radius 3 is 3.06 bits per heavy atom. The molecule has 1 aromatic heterocycles. The van der Waals surface area contributed by atoms with E-state index < -0.39 is 0 Å². The number of hydrogen-bond acceptors (Lipinski definition) is 3. The predicted molar refractivity (Wildman–Crippen MR) is 63.5 cm³/mol. The second-order valence-corrected chi connectivity index (χ2v) is 4.24. The molecule has 1 aliphatic heterocycles. The van der Waals surface area contributed by atoms with E-state index in [-0.39, 0.29) is 11.9 Å². The molecule has 1 aliphatic rings. The lowest BCUT2D eigenvalue weighted by Crippen LogP contribution is -2.56. The third kappa shape index (κ3) is 2.25. The van der Waals surface area contributed by atoms with Gasteiger partial charge in [-0.05, 0) is 13.1 Å². The van der Waals surface area contributed by atoms with Crippen molar-refractivity contribution in [1.82, 2.24) is 15.2 Å². The highest BCUT2D eigenvalue weighted by Crippen LogP contribution is 2.12. The number of nitrogens with one attached hydrogen (secondary N) is 2. The normalized spacial score (nSPS) is 22.0. The molecule has 1 amide bonds. The van der Waals surface area contributed by atoms with Crippen LogP contribution in [0.5, 0.6) is 0 Å². The van der Waals surface area contributed by atoms with Crippen LogP contribution in [0.3, 0.4) is 0 Å². The third-order valence-corrected chi connectivity index (χ3v) is 2.98. The lowest BCUT2D eigenvalue weighted by Gasteiger charge is -2.32. The number of piperazine rings is 1. The minimum absolute atomic E-state index is 0.0985. The summed E-state index contributed by atoms with van der Waals surface area (Å²) in [5, 5.41) is 3.25. The van der Waals surface area contributed by atoms with Gasteiger partial charge in [-0.1, -0.05) is 0 Å². The van der Waals surface area contributed by atoms with Crippen LogP contribution in [0.1, 0.15) is 0 Å². The van der Waals surface area contributed by atoms with Crippen LogP contribution in [-0.4, -0.2) is 55.6 Å². The molecule has 0 radical (unpaired) electrons. The largest absolute Gasteiger partial charge is 0.366 e. The first-order valence-corrected chi connectivity index (χ1v) is 5.51. The zero-order valence-corrected chi connectivity index (χ0v) is 9.73. The van der Waals surface area contributed by atoms with Crippen LogP contribution in [0.25, 0.3) is 0 Å². The molecule has 16 heavy (non-hydrogen) atoms. The van der Waals surface area contributed by atoms with Crippen molar-refractivity contribution in [2.24, 2.45) is 0 Å². The highest BCUT2D eigenvalue weighted by atomic mass is 16.2. The molecule has 2 rings (SSSR count). The van der Waals surface area contributed by atoms with Crippen LogP contribution in [0.2, 0.25) is 0 Å². The lowest BCUT2D eigenvalue weighted by molar-refractivity contribution is -0.121. The molecule has 0 aromatic carbocycles. The molecule has 2 heterocycles. The Balaban J connectivity index is 2.01. The maximum absolute atomic E-state index is 12.2. The van der Waals surface area contributed by atoms with Crippen molar-refractivity contribution in [1.29, 1.82) is 0 Å². The number of aromatic nitrogens is 1. The van der Waals surface area contributed by atoms with Crippen molar-refractivity contribution < 1.29 is 4.79 Å². The van der Waals surface area contributed by atoms with Gasteiger partial charge < -0.3 is 20.1 Å². The highest BCUT2D eigenvalue weighted by molar-refractivity contribution is 5.96. The summed E-state index contributed by atoms with van der Waals surface area (Å²) < 4.78 is 0. The van der Waals surface area contributed by atoms with E-state index in [1.165, 1.54) is 0 Å². The zero-order chi connectivity index (χ0) is 11.5. The first-order valence-electron chi connectivity index (χ1n) is 5.51. The minimum atomic E-state index is -0.0985. The Bertz CT molecular complexity index is 349. The number of anilines is 1. The van der Waals surface area contributed by atoms with Crippen LogP contribution in [0.15, 0.2) is 18.5 Å². The number of carbonyl (C=O) groups is 1. The second kappa shape index (κ2) is 4.67. The van der Waals surface area contributed by atoms with Gasteiger partial charge in [0, 0.05) is 39.1 Å². The Kier molecular flexibility index (Phi) is 3.26. The molecule has 5 heteroatoms. The number of rotatable bonds is 2. The van der Waals surface area contributed by atoms with Crippen molar-refractivity contribution in [2.75, 3.05) is 38.6 Å². The van der Waals surface area contributed by atoms with Gasteiger partial charge >= 0.3 is 0 Å². The molecule has 0 aliphatic carbocycles. The molecular formula is C11H18N4O. The quantitative estimate of drug-likeness (QED) is 0.733. The van der Waals surface area contributed by atoms with E-state index in [0.717, 1.165) is 25.3 Å². The summed E-state index contributed by atoms with van der Waals surface area (Å²) in [5.74, 6) is 0.117. The fourth-order valence-electron chi connectivity index (χ4n) is 1.95. The van der Waals surface area contributed by atoms with Crippen molar-refractivity contribution in [3.63, 3.8) is 0 Å². The first kappa shape index (κ1) is 11.2. The fourth-order valence-corrected chi connectivity index (χ4v) is 1.95. The SMILES string of the molecule is CN1CCNC(C(=O)N(C)c2cc[nH]c2)C1. The molecular weight excluding hydrogens is 204 g/mol. The monoisotopic (exact) mass is 222 g/mol. The standard InChI is InChI=1S/C11H18N4O/c1-14-6-5-13-10(8-14)11(16)15(2)9-3-4-12-7-9/h3-4,7,10,12-13H,5-6,8H2,1-2H3. The minimum Gasteiger partial charge on any atom is -0.366 e. The Morgan fingerprint density at radius 2 is 2.44 bits per heavy atom. The summed E-state index contributed by atoms with van der Waals surface area (Å²) in [7, 11) is 3.85. The number of amides is 1. The summed E-state index contributed by atoms with van der Waals surface area (Å²) in [6, 6.07) is 1.79. The van der Waals surface area contributed by atoms with Gasteiger partial charge in [-0.2, -0.15) is 0 Å². The van der Waals surface area contributed by atoms with Crippen LogP contribution in [0.4, 0.5) is 5.69 Å². The van der Waals surface area contributed by atoms with Crippen molar-refractivity contribution >= 4 is 11.6 Å². The fraction of sp³-hybridized carbons (Fsp3) is 0.545. The molecule has 1 atom stereocenters. The average Bonchev–Trinajstić information content (AvgIpc) is 2.80. The first-order chi connectivity index (χ1) is 7.68. The van der Waals surface area contributed by atoms with E-state index in [2.05, 4.69) is 15.2 Å². The van der Waals surface area contributed by atoms with E-state index in [4.69, 9.17) is 0 Å². The molecule has 1 aromatic rings. The smallest absolute Gasteiger partial charge is 0.245 e. The van der Waals surface area contributed by atoms with Gasteiger partial charge in [0.05, 0.1) is 5.69 Å². The van der Waals surface area contributed by atoms with E-state index >= 15 is 0 Å². The molecule has 5 nitrogen and oxygen atoms in total. The van der Waals surface area contributed by atoms with Gasteiger partial charge in [0.2, 0.25) is 5.91 Å². The maximum Gasteiger partial charge on any atom is 0.245 e. The van der Waals surface area contributed by atoms with Crippen LogP contribution < -0.4 is 10.2 Å². The highest BCUT2D eigenvalue weighted by Gasteiger charge is 2.26. The van der Waals surface area contributed by atoms with Crippen LogP contribution in [-0.2, 0) is 4.79 Å². The van der Waals surface area contributed by atoms with Crippen molar-refractivity contribution in [3.8, 4) is 0 Å². The van der Waals surface area contributed by atoms with Crippen molar-refractivity contribution in [3.05, 3.63) is 18.5 Å². The Labute approximate surface area is 95.4 Å². The molecule has 0 saturated carbocycles. The Morgan fingerprint density at radius 1 is 1.62 bits per heavy atom. The van der Waals surface area contributed by atoms with Gasteiger partial charge in [-0.3, -0.25) is 4.79 Å². The summed E-state index contributed by atoms with van der Waals surface area (Å²) >= 11 is 0. The maximum atomic E-state index is 12.2. The molecule has 0 bridgehead atoms. The summed E-state index contributed by atoms with van der Waals surface area (Å²) in [4.78, 5) is 19.0. The van der Waals surface area contributed by atoms with Gasteiger partial charge in [-0.15, -0.1) is 0 Å². The van der Waals surface area contributed by atoms with Gasteiger partial charge in [-0.25, -0.2) is 0 Å². The van der Waals surface area contributed by atoms with Crippen molar-refractivity contribution in [2.45, 2.75) is 6.04 Å². The van der Waals surface area contributed by atoms with E-state index in [0.29, 0.717) is 0 Å². The van der Waals surface area contributed by atoms with E-state index in [1.54, 1.807) is 4.90 Å². The average molecular weight is 222 g/mol. The molecule has 1 fully saturated rings. The van der Waals surface area contributed by atoms with Crippen LogP contribution >= 0.6 is 0 Å². The summed E-state index contributed by atoms with van der Waals surface area (Å²) in [5.41, 5.74) is 0.903. The third-order valence-electron chi connectivity index (χ3n) is 2.98. The number of likely N-dealkylation sites (N-methyl/N-ethyl adjacent to an activating group) is 2. The number of hydrogen-bond donors (Lipinski definition) is 2. The van der Waals surface area contributed by atoms with Gasteiger partial charge in [0.15, 0.2) is 0 Å². The number of nitrogens with zero attached hydrogens (tertiary/aromatic N) is 2. The Hall–Kier alpha value is -1.33. The van der Waals surface area contributed by atoms with Crippen LogP contribution in [0, 0.1) is 0 Å². The molecule has 2 N–H and O–H groups in total. The zero-order valence-electron chi connectivity index (χ0n) is 9.73. The number of aromatic amines is 1.